The maximum atomic E-state index is 10.4. The van der Waals surface area contributed by atoms with E-state index in [1.165, 1.54) is 64.3 Å². The molecule has 1 aliphatic heterocycles. The molecule has 0 radical (unpaired) electrons. The molecule has 2 unspecified atom stereocenters. The van der Waals surface area contributed by atoms with Gasteiger partial charge in [0.15, 0.2) is 0 Å². The number of hydrogen-bond donors (Lipinski definition) is 2. The molecule has 3 fully saturated rings. The summed E-state index contributed by atoms with van der Waals surface area (Å²) in [4.78, 5) is 2.59. The fourth-order valence-electron chi connectivity index (χ4n) is 4.15. The van der Waals surface area contributed by atoms with Crippen LogP contribution in [0.2, 0.25) is 0 Å². The smallest absolute Gasteiger partial charge is 0.0669 e. The van der Waals surface area contributed by atoms with E-state index in [4.69, 9.17) is 0 Å². The average Bonchev–Trinajstić information content (AvgIpc) is 3.18. The standard InChI is InChI=1S/C17H32N2O/c20-17(11-14-5-1-2-6-14)13-19(16-8-9-16)12-15-7-3-4-10-18-15/h14-18,20H,1-13H2. The van der Waals surface area contributed by atoms with E-state index in [9.17, 15) is 5.11 Å². The fourth-order valence-corrected chi connectivity index (χ4v) is 4.15. The molecule has 1 saturated heterocycles. The molecule has 2 atom stereocenters. The summed E-state index contributed by atoms with van der Waals surface area (Å²) in [5.41, 5.74) is 0. The Balaban J connectivity index is 1.43. The van der Waals surface area contributed by atoms with Gasteiger partial charge in [0.05, 0.1) is 6.10 Å². The van der Waals surface area contributed by atoms with Crippen molar-refractivity contribution in [2.75, 3.05) is 19.6 Å². The van der Waals surface area contributed by atoms with E-state index in [2.05, 4.69) is 10.2 Å². The van der Waals surface area contributed by atoms with Gasteiger partial charge < -0.3 is 10.4 Å². The van der Waals surface area contributed by atoms with Crippen LogP contribution in [-0.4, -0.2) is 47.8 Å². The highest BCUT2D eigenvalue weighted by atomic mass is 16.3. The van der Waals surface area contributed by atoms with Gasteiger partial charge in [-0.15, -0.1) is 0 Å². The normalized spacial score (nSPS) is 30.0. The Labute approximate surface area is 124 Å². The zero-order chi connectivity index (χ0) is 13.8. The third-order valence-electron chi connectivity index (χ3n) is 5.46. The van der Waals surface area contributed by atoms with Crippen molar-refractivity contribution in [3.05, 3.63) is 0 Å². The lowest BCUT2D eigenvalue weighted by Gasteiger charge is -2.32. The summed E-state index contributed by atoms with van der Waals surface area (Å²) in [6.45, 7) is 3.26. The minimum Gasteiger partial charge on any atom is -0.392 e. The van der Waals surface area contributed by atoms with E-state index in [1.807, 2.05) is 0 Å². The van der Waals surface area contributed by atoms with Crippen molar-refractivity contribution in [1.82, 2.24) is 10.2 Å². The first-order valence-electron chi connectivity index (χ1n) is 8.97. The van der Waals surface area contributed by atoms with Crippen molar-refractivity contribution < 1.29 is 5.11 Å². The number of aliphatic hydroxyl groups is 1. The molecule has 0 aromatic carbocycles. The van der Waals surface area contributed by atoms with E-state index in [0.29, 0.717) is 6.04 Å². The number of nitrogens with zero attached hydrogens (tertiary/aromatic N) is 1. The van der Waals surface area contributed by atoms with Gasteiger partial charge in [0, 0.05) is 25.2 Å². The second-order valence-electron chi connectivity index (χ2n) is 7.37. The lowest BCUT2D eigenvalue weighted by molar-refractivity contribution is 0.0806. The maximum Gasteiger partial charge on any atom is 0.0669 e. The van der Waals surface area contributed by atoms with E-state index in [0.717, 1.165) is 31.5 Å². The lowest BCUT2D eigenvalue weighted by atomic mass is 9.99. The predicted molar refractivity (Wildman–Crippen MR) is 82.8 cm³/mol. The molecule has 2 aliphatic carbocycles. The highest BCUT2D eigenvalue weighted by Gasteiger charge is 2.32. The van der Waals surface area contributed by atoms with Gasteiger partial charge >= 0.3 is 0 Å². The quantitative estimate of drug-likeness (QED) is 0.752. The first-order valence-corrected chi connectivity index (χ1v) is 8.97. The fraction of sp³-hybridized carbons (Fsp3) is 1.00. The van der Waals surface area contributed by atoms with Gasteiger partial charge in [-0.05, 0) is 44.6 Å². The molecule has 0 bridgehead atoms. The van der Waals surface area contributed by atoms with Gasteiger partial charge in [0.2, 0.25) is 0 Å². The van der Waals surface area contributed by atoms with Crippen LogP contribution in [0, 0.1) is 5.92 Å². The summed E-state index contributed by atoms with van der Waals surface area (Å²) < 4.78 is 0. The van der Waals surface area contributed by atoms with E-state index >= 15 is 0 Å². The predicted octanol–water partition coefficient (Wildman–Crippen LogP) is 2.53. The van der Waals surface area contributed by atoms with E-state index < -0.39 is 0 Å². The maximum absolute atomic E-state index is 10.4. The number of piperidine rings is 1. The first kappa shape index (κ1) is 14.8. The monoisotopic (exact) mass is 280 g/mol. The van der Waals surface area contributed by atoms with Crippen LogP contribution in [0.3, 0.4) is 0 Å². The Bertz CT molecular complexity index is 281. The van der Waals surface area contributed by atoms with Crippen LogP contribution >= 0.6 is 0 Å². The molecule has 0 amide bonds. The largest absolute Gasteiger partial charge is 0.392 e. The number of aliphatic hydroxyl groups excluding tert-OH is 1. The van der Waals surface area contributed by atoms with Gasteiger partial charge in [-0.25, -0.2) is 0 Å². The summed E-state index contributed by atoms with van der Waals surface area (Å²) in [5, 5.41) is 14.1. The molecule has 2 N–H and O–H groups in total. The van der Waals surface area contributed by atoms with Crippen molar-refractivity contribution >= 4 is 0 Å². The van der Waals surface area contributed by atoms with Crippen molar-refractivity contribution in [2.24, 2.45) is 5.92 Å². The Morgan fingerprint density at radius 2 is 1.75 bits per heavy atom. The molecule has 3 aliphatic rings. The molecule has 2 saturated carbocycles. The highest BCUT2D eigenvalue weighted by Crippen LogP contribution is 2.31. The molecule has 0 aromatic heterocycles. The molecule has 0 spiro atoms. The molecular formula is C17H32N2O. The van der Waals surface area contributed by atoms with Gasteiger partial charge in [-0.3, -0.25) is 4.90 Å². The van der Waals surface area contributed by atoms with Crippen molar-refractivity contribution in [3.8, 4) is 0 Å². The zero-order valence-electron chi connectivity index (χ0n) is 12.9. The van der Waals surface area contributed by atoms with Crippen LogP contribution in [0.4, 0.5) is 0 Å². The molecule has 116 valence electrons. The van der Waals surface area contributed by atoms with Crippen molar-refractivity contribution in [2.45, 2.75) is 82.4 Å². The van der Waals surface area contributed by atoms with Gasteiger partial charge in [0.25, 0.3) is 0 Å². The summed E-state index contributed by atoms with van der Waals surface area (Å²) in [5.74, 6) is 0.804. The van der Waals surface area contributed by atoms with E-state index in [1.54, 1.807) is 0 Å². The minimum atomic E-state index is -0.0951. The molecule has 0 aromatic rings. The second kappa shape index (κ2) is 7.24. The second-order valence-corrected chi connectivity index (χ2v) is 7.37. The van der Waals surface area contributed by atoms with Crippen molar-refractivity contribution in [1.29, 1.82) is 0 Å². The number of hydrogen-bond acceptors (Lipinski definition) is 3. The van der Waals surface area contributed by atoms with Crippen molar-refractivity contribution in [3.63, 3.8) is 0 Å². The Hall–Kier alpha value is -0.120. The topological polar surface area (TPSA) is 35.5 Å². The van der Waals surface area contributed by atoms with Crippen LogP contribution in [0.5, 0.6) is 0 Å². The summed E-state index contributed by atoms with van der Waals surface area (Å²) in [7, 11) is 0. The van der Waals surface area contributed by atoms with Crippen LogP contribution in [0.1, 0.15) is 64.2 Å². The Kier molecular flexibility index (Phi) is 5.36. The van der Waals surface area contributed by atoms with Crippen LogP contribution < -0.4 is 5.32 Å². The molecule has 3 nitrogen and oxygen atoms in total. The van der Waals surface area contributed by atoms with Gasteiger partial charge in [-0.2, -0.15) is 0 Å². The van der Waals surface area contributed by atoms with Gasteiger partial charge in [0.1, 0.15) is 0 Å². The number of nitrogens with one attached hydrogen (secondary N) is 1. The Morgan fingerprint density at radius 1 is 1.00 bits per heavy atom. The summed E-state index contributed by atoms with van der Waals surface area (Å²) in [6, 6.07) is 1.44. The SMILES string of the molecule is OC(CC1CCCC1)CN(CC1CCCCN1)C1CC1. The Morgan fingerprint density at radius 3 is 2.40 bits per heavy atom. The minimum absolute atomic E-state index is 0.0951. The van der Waals surface area contributed by atoms with Crippen LogP contribution in [0.15, 0.2) is 0 Å². The molecule has 3 heteroatoms. The van der Waals surface area contributed by atoms with Crippen LogP contribution in [0.25, 0.3) is 0 Å². The molecular weight excluding hydrogens is 248 g/mol. The average molecular weight is 280 g/mol. The summed E-state index contributed by atoms with van der Waals surface area (Å²) >= 11 is 0. The molecule has 1 heterocycles. The lowest BCUT2D eigenvalue weighted by Crippen LogP contribution is -2.46. The summed E-state index contributed by atoms with van der Waals surface area (Å²) in [6.07, 6.45) is 13.2. The van der Waals surface area contributed by atoms with E-state index in [-0.39, 0.29) is 6.10 Å². The zero-order valence-corrected chi connectivity index (χ0v) is 12.9. The molecule has 20 heavy (non-hydrogen) atoms. The van der Waals surface area contributed by atoms with Gasteiger partial charge in [-0.1, -0.05) is 32.1 Å². The first-order chi connectivity index (χ1) is 9.81. The highest BCUT2D eigenvalue weighted by molar-refractivity contribution is 4.89. The van der Waals surface area contributed by atoms with Crippen LogP contribution in [-0.2, 0) is 0 Å². The third-order valence-corrected chi connectivity index (χ3v) is 5.46. The molecule has 3 rings (SSSR count). The third kappa shape index (κ3) is 4.44. The number of rotatable bonds is 7.